The number of likely N-dealkylation sites (tertiary alicyclic amines) is 1. The van der Waals surface area contributed by atoms with Crippen LogP contribution in [0, 0.1) is 17.8 Å². The Hall–Kier alpha value is -1.32. The van der Waals surface area contributed by atoms with E-state index in [1.807, 2.05) is 4.90 Å². The molecule has 104 valence electrons. The predicted molar refractivity (Wildman–Crippen MR) is 70.2 cm³/mol. The molecule has 4 heteroatoms. The third kappa shape index (κ3) is 2.67. The van der Waals surface area contributed by atoms with Crippen molar-refractivity contribution in [2.45, 2.75) is 32.1 Å². The number of ether oxygens (including phenoxy) is 1. The summed E-state index contributed by atoms with van der Waals surface area (Å²) in [5, 5.41) is 0. The zero-order valence-corrected chi connectivity index (χ0v) is 11.2. The summed E-state index contributed by atoms with van der Waals surface area (Å²) in [4.78, 5) is 25.7. The summed E-state index contributed by atoms with van der Waals surface area (Å²) in [6.07, 6.45) is 9.65. The number of nitrogens with zero attached hydrogens (tertiary/aromatic N) is 1. The molecule has 2 fully saturated rings. The van der Waals surface area contributed by atoms with E-state index in [0.29, 0.717) is 11.8 Å². The van der Waals surface area contributed by atoms with E-state index in [1.165, 1.54) is 6.42 Å². The lowest BCUT2D eigenvalue weighted by Gasteiger charge is -2.26. The first-order chi connectivity index (χ1) is 9.24. The zero-order valence-electron chi connectivity index (χ0n) is 11.2. The van der Waals surface area contributed by atoms with Crippen LogP contribution in [0.5, 0.6) is 0 Å². The number of esters is 1. The van der Waals surface area contributed by atoms with Gasteiger partial charge in [-0.25, -0.2) is 0 Å². The van der Waals surface area contributed by atoms with Crippen LogP contribution in [-0.4, -0.2) is 36.5 Å². The van der Waals surface area contributed by atoms with Gasteiger partial charge in [0, 0.05) is 13.1 Å². The van der Waals surface area contributed by atoms with Gasteiger partial charge in [-0.1, -0.05) is 12.2 Å². The lowest BCUT2D eigenvalue weighted by molar-refractivity contribution is -0.156. The normalized spacial score (nSPS) is 32.6. The van der Waals surface area contributed by atoms with Crippen molar-refractivity contribution < 1.29 is 14.3 Å². The molecule has 0 radical (unpaired) electrons. The van der Waals surface area contributed by atoms with Crippen LogP contribution in [0.15, 0.2) is 12.2 Å². The highest BCUT2D eigenvalue weighted by Gasteiger charge is 2.40. The fourth-order valence-electron chi connectivity index (χ4n) is 3.53. The van der Waals surface area contributed by atoms with E-state index in [0.717, 1.165) is 38.8 Å². The Labute approximate surface area is 113 Å². The highest BCUT2D eigenvalue weighted by atomic mass is 16.5. The Morgan fingerprint density at radius 1 is 1.11 bits per heavy atom. The van der Waals surface area contributed by atoms with E-state index >= 15 is 0 Å². The number of rotatable bonds is 3. The zero-order chi connectivity index (χ0) is 13.2. The minimum Gasteiger partial charge on any atom is -0.455 e. The van der Waals surface area contributed by atoms with Crippen LogP contribution in [0.2, 0.25) is 0 Å². The first-order valence-electron chi connectivity index (χ1n) is 7.37. The number of hydrogen-bond donors (Lipinski definition) is 0. The molecule has 3 unspecified atom stereocenters. The summed E-state index contributed by atoms with van der Waals surface area (Å²) in [5.41, 5.74) is 0. The van der Waals surface area contributed by atoms with E-state index in [-0.39, 0.29) is 24.4 Å². The molecule has 3 rings (SSSR count). The molecular formula is C15H21NO3. The molecule has 4 nitrogen and oxygen atoms in total. The molecule has 0 aromatic rings. The first kappa shape index (κ1) is 12.7. The lowest BCUT2D eigenvalue weighted by Crippen LogP contribution is -2.39. The van der Waals surface area contributed by atoms with E-state index in [2.05, 4.69) is 12.2 Å². The Morgan fingerprint density at radius 2 is 1.89 bits per heavy atom. The smallest absolute Gasteiger partial charge is 0.310 e. The van der Waals surface area contributed by atoms with Gasteiger partial charge >= 0.3 is 5.97 Å². The fraction of sp³-hybridized carbons (Fsp3) is 0.733. The van der Waals surface area contributed by atoms with Crippen molar-refractivity contribution in [2.24, 2.45) is 17.8 Å². The number of carbonyl (C=O) groups excluding carboxylic acids is 2. The van der Waals surface area contributed by atoms with E-state index < -0.39 is 0 Å². The number of carbonyl (C=O) groups is 2. The molecule has 3 atom stereocenters. The van der Waals surface area contributed by atoms with Gasteiger partial charge in [0.2, 0.25) is 0 Å². The first-order valence-corrected chi connectivity index (χ1v) is 7.37. The van der Waals surface area contributed by atoms with Crippen molar-refractivity contribution in [3.05, 3.63) is 12.2 Å². The average molecular weight is 263 g/mol. The Morgan fingerprint density at radius 3 is 2.53 bits per heavy atom. The second-order valence-electron chi connectivity index (χ2n) is 5.94. The third-order valence-electron chi connectivity index (χ3n) is 4.63. The van der Waals surface area contributed by atoms with E-state index in [1.54, 1.807) is 0 Å². The summed E-state index contributed by atoms with van der Waals surface area (Å²) < 4.78 is 5.23. The van der Waals surface area contributed by atoms with Gasteiger partial charge in [0.15, 0.2) is 6.61 Å². The molecule has 2 bridgehead atoms. The topological polar surface area (TPSA) is 46.6 Å². The molecule has 1 amide bonds. The molecule has 0 aromatic heterocycles. The van der Waals surface area contributed by atoms with Crippen LogP contribution in [0.25, 0.3) is 0 Å². The summed E-state index contributed by atoms with van der Waals surface area (Å²) in [7, 11) is 0. The minimum atomic E-state index is -0.179. The van der Waals surface area contributed by atoms with Gasteiger partial charge in [-0.2, -0.15) is 0 Å². The van der Waals surface area contributed by atoms with Gasteiger partial charge in [-0.3, -0.25) is 9.59 Å². The maximum absolute atomic E-state index is 12.0. The van der Waals surface area contributed by atoms with E-state index in [4.69, 9.17) is 4.74 Å². The number of fused-ring (bicyclic) bond motifs is 2. The molecule has 19 heavy (non-hydrogen) atoms. The van der Waals surface area contributed by atoms with Crippen LogP contribution in [-0.2, 0) is 14.3 Å². The Balaban J connectivity index is 1.45. The standard InChI is InChI=1S/C15H21NO3/c17-14(16-6-2-1-3-7-16)10-19-15(18)13-9-11-4-5-12(13)8-11/h4-5,11-13H,1-3,6-10H2. The fourth-order valence-corrected chi connectivity index (χ4v) is 3.53. The second kappa shape index (κ2) is 5.35. The van der Waals surface area contributed by atoms with Crippen molar-refractivity contribution in [2.75, 3.05) is 19.7 Å². The molecule has 0 aromatic carbocycles. The van der Waals surface area contributed by atoms with Gasteiger partial charge in [0.1, 0.15) is 0 Å². The molecule has 2 aliphatic carbocycles. The summed E-state index contributed by atoms with van der Waals surface area (Å²) in [5.74, 6) is 0.682. The van der Waals surface area contributed by atoms with Crippen LogP contribution in [0.4, 0.5) is 0 Å². The summed E-state index contributed by atoms with van der Waals surface area (Å²) in [6.45, 7) is 1.55. The predicted octanol–water partition coefficient (Wildman–Crippen LogP) is 1.75. The molecular weight excluding hydrogens is 242 g/mol. The highest BCUT2D eigenvalue weighted by Crippen LogP contribution is 2.43. The molecule has 1 aliphatic heterocycles. The minimum absolute atomic E-state index is 0.0100. The SMILES string of the molecule is O=C(OCC(=O)N1CCCCC1)C1CC2C=CC1C2. The highest BCUT2D eigenvalue weighted by molar-refractivity contribution is 5.81. The molecule has 0 N–H and O–H groups in total. The van der Waals surface area contributed by atoms with Gasteiger partial charge in [-0.15, -0.1) is 0 Å². The van der Waals surface area contributed by atoms with Crippen molar-refractivity contribution in [3.63, 3.8) is 0 Å². The molecule has 0 spiro atoms. The van der Waals surface area contributed by atoms with Crippen molar-refractivity contribution >= 4 is 11.9 Å². The van der Waals surface area contributed by atoms with Gasteiger partial charge in [0.05, 0.1) is 5.92 Å². The van der Waals surface area contributed by atoms with Gasteiger partial charge in [0.25, 0.3) is 5.91 Å². The maximum Gasteiger partial charge on any atom is 0.310 e. The van der Waals surface area contributed by atoms with Crippen LogP contribution in [0.3, 0.4) is 0 Å². The van der Waals surface area contributed by atoms with Crippen molar-refractivity contribution in [3.8, 4) is 0 Å². The number of amides is 1. The van der Waals surface area contributed by atoms with Crippen LogP contribution in [0.1, 0.15) is 32.1 Å². The van der Waals surface area contributed by atoms with Gasteiger partial charge < -0.3 is 9.64 Å². The van der Waals surface area contributed by atoms with Crippen LogP contribution >= 0.6 is 0 Å². The second-order valence-corrected chi connectivity index (χ2v) is 5.94. The lowest BCUT2D eigenvalue weighted by atomic mass is 9.94. The maximum atomic E-state index is 12.0. The summed E-state index contributed by atoms with van der Waals surface area (Å²) >= 11 is 0. The van der Waals surface area contributed by atoms with E-state index in [9.17, 15) is 9.59 Å². The molecule has 1 heterocycles. The Bertz CT molecular complexity index is 398. The number of hydrogen-bond acceptors (Lipinski definition) is 3. The van der Waals surface area contributed by atoms with Crippen molar-refractivity contribution in [1.82, 2.24) is 4.90 Å². The molecule has 1 saturated heterocycles. The molecule has 3 aliphatic rings. The van der Waals surface area contributed by atoms with Crippen LogP contribution < -0.4 is 0 Å². The Kier molecular flexibility index (Phi) is 3.58. The van der Waals surface area contributed by atoms with Crippen molar-refractivity contribution in [1.29, 1.82) is 0 Å². The monoisotopic (exact) mass is 263 g/mol. The number of piperidine rings is 1. The largest absolute Gasteiger partial charge is 0.455 e. The van der Waals surface area contributed by atoms with Gasteiger partial charge in [-0.05, 0) is 43.9 Å². The quantitative estimate of drug-likeness (QED) is 0.576. The average Bonchev–Trinajstić information content (AvgIpc) is 3.08. The summed E-state index contributed by atoms with van der Waals surface area (Å²) in [6, 6.07) is 0. The third-order valence-corrected chi connectivity index (χ3v) is 4.63. The molecule has 1 saturated carbocycles. The number of allylic oxidation sites excluding steroid dienone is 2.